The van der Waals surface area contributed by atoms with Gasteiger partial charge in [-0.2, -0.15) is 0 Å². The van der Waals surface area contributed by atoms with Gasteiger partial charge in [0.05, 0.1) is 6.10 Å². The molecule has 1 saturated carbocycles. The summed E-state index contributed by atoms with van der Waals surface area (Å²) in [6.45, 7) is 1.16. The van der Waals surface area contributed by atoms with E-state index < -0.39 is 0 Å². The number of halogens is 1. The molecule has 0 aromatic heterocycles. The van der Waals surface area contributed by atoms with Crippen LogP contribution in [0.2, 0.25) is 0 Å². The summed E-state index contributed by atoms with van der Waals surface area (Å²) in [5.41, 5.74) is 0.373. The highest BCUT2D eigenvalue weighted by Crippen LogP contribution is 2.38. The monoisotopic (exact) mass is 177 g/mol. The maximum absolute atomic E-state index is 9.13. The van der Waals surface area contributed by atoms with Crippen molar-refractivity contribution in [2.24, 2.45) is 0 Å². The lowest BCUT2D eigenvalue weighted by Crippen LogP contribution is -2.59. The molecule has 66 valence electrons. The van der Waals surface area contributed by atoms with Crippen molar-refractivity contribution in [1.29, 1.82) is 0 Å². The van der Waals surface area contributed by atoms with Crippen LogP contribution in [0, 0.1) is 0 Å². The summed E-state index contributed by atoms with van der Waals surface area (Å²) in [6.07, 6.45) is 5.92. The summed E-state index contributed by atoms with van der Waals surface area (Å²) >= 11 is 0. The molecule has 11 heavy (non-hydrogen) atoms. The lowest BCUT2D eigenvalue weighted by Gasteiger charge is -2.48. The molecule has 0 radical (unpaired) electrons. The van der Waals surface area contributed by atoms with Crippen LogP contribution in [0.5, 0.6) is 0 Å². The Bertz CT molecular complexity index is 119. The number of aliphatic hydroxyl groups is 1. The normalized spacial score (nSPS) is 42.8. The largest absolute Gasteiger partial charge is 0.393 e. The van der Waals surface area contributed by atoms with E-state index in [1.165, 1.54) is 19.3 Å². The van der Waals surface area contributed by atoms with Crippen molar-refractivity contribution in [2.45, 2.75) is 43.7 Å². The lowest BCUT2D eigenvalue weighted by atomic mass is 9.70. The molecule has 2 fully saturated rings. The third-order valence-electron chi connectivity index (χ3n) is 2.83. The Kier molecular flexibility index (Phi) is 2.79. The molecule has 0 aromatic rings. The molecule has 1 heterocycles. The molecule has 0 atom stereocenters. The van der Waals surface area contributed by atoms with Gasteiger partial charge in [0.15, 0.2) is 0 Å². The molecule has 2 N–H and O–H groups in total. The average Bonchev–Trinajstić information content (AvgIpc) is 1.87. The third-order valence-corrected chi connectivity index (χ3v) is 2.83. The van der Waals surface area contributed by atoms with Crippen molar-refractivity contribution in [3.05, 3.63) is 0 Å². The first-order chi connectivity index (χ1) is 4.81. The Morgan fingerprint density at radius 1 is 1.27 bits per heavy atom. The summed E-state index contributed by atoms with van der Waals surface area (Å²) in [4.78, 5) is 0. The van der Waals surface area contributed by atoms with E-state index in [2.05, 4.69) is 5.32 Å². The molecule has 3 heteroatoms. The van der Waals surface area contributed by atoms with Crippen molar-refractivity contribution in [1.82, 2.24) is 5.32 Å². The molecular weight excluding hydrogens is 162 g/mol. The van der Waals surface area contributed by atoms with Gasteiger partial charge in [-0.1, -0.05) is 6.42 Å². The number of piperidine rings is 1. The lowest BCUT2D eigenvalue weighted by molar-refractivity contribution is -0.0117. The Labute approximate surface area is 73.8 Å². The van der Waals surface area contributed by atoms with E-state index in [0.717, 1.165) is 19.4 Å². The van der Waals surface area contributed by atoms with Crippen LogP contribution in [0.4, 0.5) is 0 Å². The summed E-state index contributed by atoms with van der Waals surface area (Å²) in [6, 6.07) is 0. The number of hydrogen-bond acceptors (Lipinski definition) is 2. The Hall–Kier alpha value is 0.210. The molecular formula is C8H16ClNO. The van der Waals surface area contributed by atoms with Gasteiger partial charge in [0.25, 0.3) is 0 Å². The highest BCUT2D eigenvalue weighted by atomic mass is 35.5. The number of aliphatic hydroxyl groups excluding tert-OH is 1. The van der Waals surface area contributed by atoms with Crippen molar-refractivity contribution < 1.29 is 5.11 Å². The maximum atomic E-state index is 9.13. The van der Waals surface area contributed by atoms with E-state index in [9.17, 15) is 0 Å². The fourth-order valence-corrected chi connectivity index (χ4v) is 2.22. The summed E-state index contributed by atoms with van der Waals surface area (Å²) in [5.74, 6) is 0. The van der Waals surface area contributed by atoms with E-state index in [0.29, 0.717) is 5.54 Å². The molecule has 2 rings (SSSR count). The topological polar surface area (TPSA) is 32.3 Å². The van der Waals surface area contributed by atoms with Gasteiger partial charge in [-0.25, -0.2) is 0 Å². The van der Waals surface area contributed by atoms with Crippen LogP contribution in [0.1, 0.15) is 32.1 Å². The number of hydrogen-bond donors (Lipinski definition) is 2. The minimum absolute atomic E-state index is 0. The van der Waals surface area contributed by atoms with Gasteiger partial charge in [-0.15, -0.1) is 12.4 Å². The minimum atomic E-state index is -0.00870. The predicted octanol–water partition coefficient (Wildman–Crippen LogP) is 1.08. The van der Waals surface area contributed by atoms with Crippen LogP contribution in [0.15, 0.2) is 0 Å². The van der Waals surface area contributed by atoms with Crippen molar-refractivity contribution >= 4 is 12.4 Å². The first kappa shape index (κ1) is 9.30. The second-order valence-electron chi connectivity index (χ2n) is 3.73. The second-order valence-corrected chi connectivity index (χ2v) is 3.73. The first-order valence-electron chi connectivity index (χ1n) is 4.24. The molecule has 0 amide bonds. The van der Waals surface area contributed by atoms with E-state index in [1.54, 1.807) is 0 Å². The Morgan fingerprint density at radius 2 is 2.00 bits per heavy atom. The van der Waals surface area contributed by atoms with E-state index in [1.807, 2.05) is 0 Å². The van der Waals surface area contributed by atoms with Crippen LogP contribution >= 0.6 is 12.4 Å². The van der Waals surface area contributed by atoms with Gasteiger partial charge < -0.3 is 10.4 Å². The maximum Gasteiger partial charge on any atom is 0.0575 e. The zero-order valence-corrected chi connectivity index (χ0v) is 7.49. The molecule has 0 bridgehead atoms. The van der Waals surface area contributed by atoms with Gasteiger partial charge in [-0.05, 0) is 32.2 Å². The zero-order valence-electron chi connectivity index (χ0n) is 6.68. The highest BCUT2D eigenvalue weighted by Gasteiger charge is 2.43. The quantitative estimate of drug-likeness (QED) is 0.581. The van der Waals surface area contributed by atoms with Crippen molar-refractivity contribution in [3.8, 4) is 0 Å². The summed E-state index contributed by atoms with van der Waals surface area (Å²) in [5, 5.41) is 12.6. The van der Waals surface area contributed by atoms with Gasteiger partial charge in [0, 0.05) is 5.54 Å². The number of nitrogens with one attached hydrogen (secondary N) is 1. The van der Waals surface area contributed by atoms with E-state index in [4.69, 9.17) is 5.11 Å². The zero-order chi connectivity index (χ0) is 7.03. The molecule has 0 aromatic carbocycles. The Balaban J connectivity index is 0.000000605. The number of rotatable bonds is 0. The highest BCUT2D eigenvalue weighted by molar-refractivity contribution is 5.85. The van der Waals surface area contributed by atoms with Gasteiger partial charge in [-0.3, -0.25) is 0 Å². The molecule has 1 spiro atoms. The Morgan fingerprint density at radius 3 is 2.45 bits per heavy atom. The van der Waals surface area contributed by atoms with Gasteiger partial charge >= 0.3 is 0 Å². The smallest absolute Gasteiger partial charge is 0.0575 e. The van der Waals surface area contributed by atoms with E-state index in [-0.39, 0.29) is 18.5 Å². The van der Waals surface area contributed by atoms with Gasteiger partial charge in [0.1, 0.15) is 0 Å². The summed E-state index contributed by atoms with van der Waals surface area (Å²) < 4.78 is 0. The molecule has 0 unspecified atom stereocenters. The summed E-state index contributed by atoms with van der Waals surface area (Å²) in [7, 11) is 0. The fraction of sp³-hybridized carbons (Fsp3) is 1.00. The van der Waals surface area contributed by atoms with Crippen molar-refractivity contribution in [2.75, 3.05) is 6.54 Å². The van der Waals surface area contributed by atoms with Crippen molar-refractivity contribution in [3.63, 3.8) is 0 Å². The first-order valence-corrected chi connectivity index (χ1v) is 4.24. The fourth-order valence-electron chi connectivity index (χ4n) is 2.22. The van der Waals surface area contributed by atoms with Gasteiger partial charge in [0.2, 0.25) is 0 Å². The van der Waals surface area contributed by atoms with Crippen LogP contribution in [0.3, 0.4) is 0 Å². The molecule has 1 aliphatic heterocycles. The van der Waals surface area contributed by atoms with Crippen LogP contribution in [-0.4, -0.2) is 23.3 Å². The molecule has 1 saturated heterocycles. The standard InChI is InChI=1S/C8H15NO.ClH/c10-7-5-8(6-7)3-1-2-4-9-8;/h7,9-10H,1-6H2;1H. The predicted molar refractivity (Wildman–Crippen MR) is 47.1 cm³/mol. The van der Waals surface area contributed by atoms with Crippen LogP contribution in [0.25, 0.3) is 0 Å². The second kappa shape index (κ2) is 3.30. The van der Waals surface area contributed by atoms with Crippen LogP contribution < -0.4 is 5.32 Å². The molecule has 1 aliphatic carbocycles. The van der Waals surface area contributed by atoms with Crippen LogP contribution in [-0.2, 0) is 0 Å². The van der Waals surface area contributed by atoms with E-state index >= 15 is 0 Å². The molecule has 2 nitrogen and oxygen atoms in total. The molecule has 2 aliphatic rings. The minimum Gasteiger partial charge on any atom is -0.393 e. The average molecular weight is 178 g/mol. The third kappa shape index (κ3) is 1.68. The SMILES string of the molecule is Cl.OC1CC2(CCCCN2)C1.